The molecule has 22 heavy (non-hydrogen) atoms. The molecule has 0 aliphatic carbocycles. The van der Waals surface area contributed by atoms with E-state index < -0.39 is 22.5 Å². The quantitative estimate of drug-likeness (QED) is 0.679. The van der Waals surface area contributed by atoms with Gasteiger partial charge < -0.3 is 15.0 Å². The number of nitrogens with one attached hydrogen (secondary N) is 1. The summed E-state index contributed by atoms with van der Waals surface area (Å²) in [5.41, 5.74) is -0.800. The molecule has 0 bridgehead atoms. The Bertz CT molecular complexity index is 580. The summed E-state index contributed by atoms with van der Waals surface area (Å²) in [7, 11) is 1.41. The minimum Gasteiger partial charge on any atom is -0.444 e. The molecule has 8 heteroatoms. The number of rotatable bonds is 4. The van der Waals surface area contributed by atoms with E-state index in [-0.39, 0.29) is 17.9 Å². The van der Waals surface area contributed by atoms with Crippen LogP contribution in [0.15, 0.2) is 24.3 Å². The molecule has 0 saturated heterocycles. The van der Waals surface area contributed by atoms with Crippen LogP contribution in [0.2, 0.25) is 0 Å². The van der Waals surface area contributed by atoms with Crippen LogP contribution in [0.5, 0.6) is 0 Å². The Morgan fingerprint density at radius 1 is 1.32 bits per heavy atom. The zero-order chi connectivity index (χ0) is 16.9. The number of hydrogen-bond donors (Lipinski definition) is 1. The van der Waals surface area contributed by atoms with E-state index in [4.69, 9.17) is 4.74 Å². The minimum absolute atomic E-state index is 0.0788. The molecule has 0 aliphatic rings. The highest BCUT2D eigenvalue weighted by molar-refractivity contribution is 5.95. The molecule has 1 rings (SSSR count). The fourth-order valence-corrected chi connectivity index (χ4v) is 1.55. The van der Waals surface area contributed by atoms with Gasteiger partial charge in [-0.05, 0) is 26.8 Å². The molecule has 8 nitrogen and oxygen atoms in total. The van der Waals surface area contributed by atoms with Crippen molar-refractivity contribution < 1.29 is 19.2 Å². The molecular weight excluding hydrogens is 290 g/mol. The molecule has 0 saturated carbocycles. The Kier molecular flexibility index (Phi) is 5.44. The van der Waals surface area contributed by atoms with E-state index in [0.29, 0.717) is 0 Å². The molecule has 0 heterocycles. The van der Waals surface area contributed by atoms with Gasteiger partial charge >= 0.3 is 6.09 Å². The minimum atomic E-state index is -0.667. The van der Waals surface area contributed by atoms with Gasteiger partial charge in [0.05, 0.1) is 4.92 Å². The first-order chi connectivity index (χ1) is 10.1. The van der Waals surface area contributed by atoms with Crippen molar-refractivity contribution in [2.45, 2.75) is 26.4 Å². The van der Waals surface area contributed by atoms with E-state index >= 15 is 0 Å². The Hall–Kier alpha value is -2.64. The molecule has 0 atom stereocenters. The SMILES string of the molecule is CN(CC(=O)Nc1ccccc1[N+](=O)[O-])C(=O)OC(C)(C)C. The van der Waals surface area contributed by atoms with Crippen LogP contribution in [0.3, 0.4) is 0 Å². The average Bonchev–Trinajstić information content (AvgIpc) is 2.36. The first-order valence-electron chi connectivity index (χ1n) is 6.57. The molecule has 0 aliphatic heterocycles. The third-order valence-corrected chi connectivity index (χ3v) is 2.46. The molecule has 120 valence electrons. The van der Waals surface area contributed by atoms with Crippen molar-refractivity contribution in [1.29, 1.82) is 0 Å². The molecule has 0 fully saturated rings. The summed E-state index contributed by atoms with van der Waals surface area (Å²) in [5, 5.41) is 13.3. The van der Waals surface area contributed by atoms with Crippen molar-refractivity contribution in [1.82, 2.24) is 4.90 Å². The van der Waals surface area contributed by atoms with Crippen LogP contribution in [0.1, 0.15) is 20.8 Å². The molecule has 0 unspecified atom stereocenters. The van der Waals surface area contributed by atoms with Gasteiger partial charge in [0, 0.05) is 13.1 Å². The Morgan fingerprint density at radius 3 is 2.45 bits per heavy atom. The Labute approximate surface area is 128 Å². The van der Waals surface area contributed by atoms with Crippen molar-refractivity contribution in [3.63, 3.8) is 0 Å². The van der Waals surface area contributed by atoms with Gasteiger partial charge in [-0.1, -0.05) is 12.1 Å². The number of anilines is 1. The molecular formula is C14H19N3O5. The van der Waals surface area contributed by atoms with Crippen molar-refractivity contribution in [2.75, 3.05) is 18.9 Å². The summed E-state index contributed by atoms with van der Waals surface area (Å²) in [6.07, 6.45) is -0.648. The van der Waals surface area contributed by atoms with Gasteiger partial charge in [-0.2, -0.15) is 0 Å². The molecule has 2 amide bonds. The lowest BCUT2D eigenvalue weighted by molar-refractivity contribution is -0.383. The molecule has 1 aromatic carbocycles. The predicted octanol–water partition coefficient (Wildman–Crippen LogP) is 2.40. The summed E-state index contributed by atoms with van der Waals surface area (Å²) in [6.45, 7) is 4.87. The average molecular weight is 309 g/mol. The third-order valence-electron chi connectivity index (χ3n) is 2.46. The fraction of sp³-hybridized carbons (Fsp3) is 0.429. The first-order valence-corrected chi connectivity index (χ1v) is 6.57. The van der Waals surface area contributed by atoms with E-state index in [1.54, 1.807) is 26.8 Å². The predicted molar refractivity (Wildman–Crippen MR) is 80.6 cm³/mol. The maximum atomic E-state index is 11.9. The maximum Gasteiger partial charge on any atom is 0.410 e. The van der Waals surface area contributed by atoms with Gasteiger partial charge in [0.2, 0.25) is 5.91 Å². The second-order valence-corrected chi connectivity index (χ2v) is 5.66. The number of carbonyl (C=O) groups excluding carboxylic acids is 2. The van der Waals surface area contributed by atoms with Gasteiger partial charge in [0.1, 0.15) is 17.8 Å². The largest absolute Gasteiger partial charge is 0.444 e. The molecule has 0 aromatic heterocycles. The first kappa shape index (κ1) is 17.4. The molecule has 0 radical (unpaired) electrons. The number of carbonyl (C=O) groups is 2. The lowest BCUT2D eigenvalue weighted by Crippen LogP contribution is -2.38. The van der Waals surface area contributed by atoms with Gasteiger partial charge in [-0.3, -0.25) is 14.9 Å². The number of nitro groups is 1. The highest BCUT2D eigenvalue weighted by Crippen LogP contribution is 2.23. The summed E-state index contributed by atoms with van der Waals surface area (Å²) in [6, 6.07) is 5.78. The topological polar surface area (TPSA) is 102 Å². The van der Waals surface area contributed by atoms with Crippen molar-refractivity contribution in [3.05, 3.63) is 34.4 Å². The van der Waals surface area contributed by atoms with Crippen molar-refractivity contribution in [2.24, 2.45) is 0 Å². The highest BCUT2D eigenvalue weighted by Gasteiger charge is 2.22. The summed E-state index contributed by atoms with van der Waals surface area (Å²) in [5.74, 6) is -0.553. The number of hydrogen-bond acceptors (Lipinski definition) is 5. The van der Waals surface area contributed by atoms with Crippen LogP contribution in [0.25, 0.3) is 0 Å². The number of benzene rings is 1. The molecule has 0 spiro atoms. The normalized spacial score (nSPS) is 10.7. The second-order valence-electron chi connectivity index (χ2n) is 5.66. The van der Waals surface area contributed by atoms with E-state index in [1.165, 1.54) is 25.2 Å². The van der Waals surface area contributed by atoms with E-state index in [1.807, 2.05) is 0 Å². The highest BCUT2D eigenvalue weighted by atomic mass is 16.6. The fourth-order valence-electron chi connectivity index (χ4n) is 1.55. The van der Waals surface area contributed by atoms with Gasteiger partial charge in [0.15, 0.2) is 0 Å². The van der Waals surface area contributed by atoms with Gasteiger partial charge in [-0.15, -0.1) is 0 Å². The second kappa shape index (κ2) is 6.88. The number of para-hydroxylation sites is 2. The van der Waals surface area contributed by atoms with Crippen molar-refractivity contribution in [3.8, 4) is 0 Å². The van der Waals surface area contributed by atoms with E-state index in [9.17, 15) is 19.7 Å². The van der Waals surface area contributed by atoms with Crippen LogP contribution in [-0.2, 0) is 9.53 Å². The third kappa shape index (κ3) is 5.39. The lowest BCUT2D eigenvalue weighted by Gasteiger charge is -2.24. The Morgan fingerprint density at radius 2 is 1.91 bits per heavy atom. The number of ether oxygens (including phenoxy) is 1. The zero-order valence-electron chi connectivity index (χ0n) is 13.0. The summed E-state index contributed by atoms with van der Waals surface area (Å²) >= 11 is 0. The van der Waals surface area contributed by atoms with Crippen LogP contribution in [0.4, 0.5) is 16.2 Å². The van der Waals surface area contributed by atoms with Gasteiger partial charge in [-0.25, -0.2) is 4.79 Å². The van der Waals surface area contributed by atoms with E-state index in [0.717, 1.165) is 4.90 Å². The standard InChI is InChI=1S/C14H19N3O5/c1-14(2,3)22-13(19)16(4)9-12(18)15-10-7-5-6-8-11(10)17(20)21/h5-8H,9H2,1-4H3,(H,15,18). The summed E-state index contributed by atoms with van der Waals surface area (Å²) < 4.78 is 5.11. The maximum absolute atomic E-state index is 11.9. The zero-order valence-corrected chi connectivity index (χ0v) is 13.0. The number of nitrogens with zero attached hydrogens (tertiary/aromatic N) is 2. The lowest BCUT2D eigenvalue weighted by atomic mass is 10.2. The van der Waals surface area contributed by atoms with Crippen LogP contribution >= 0.6 is 0 Å². The van der Waals surface area contributed by atoms with E-state index in [2.05, 4.69) is 5.32 Å². The number of amides is 2. The van der Waals surface area contributed by atoms with Crippen molar-refractivity contribution >= 4 is 23.4 Å². The monoisotopic (exact) mass is 309 g/mol. The van der Waals surface area contributed by atoms with Gasteiger partial charge in [0.25, 0.3) is 5.69 Å². The van der Waals surface area contributed by atoms with Crippen LogP contribution < -0.4 is 5.32 Å². The van der Waals surface area contributed by atoms with Crippen LogP contribution in [0, 0.1) is 10.1 Å². The number of likely N-dealkylation sites (N-methyl/N-ethyl adjacent to an activating group) is 1. The van der Waals surface area contributed by atoms with Crippen LogP contribution in [-0.4, -0.2) is 41.0 Å². The molecule has 1 N–H and O–H groups in total. The molecule has 1 aromatic rings. The Balaban J connectivity index is 2.67. The summed E-state index contributed by atoms with van der Waals surface area (Å²) in [4.78, 5) is 35.0. The smallest absolute Gasteiger partial charge is 0.410 e. The number of nitro benzene ring substituents is 1.